The van der Waals surface area contributed by atoms with E-state index in [0.717, 1.165) is 18.2 Å². The fraction of sp³-hybridized carbons (Fsp3) is 0.182. The molecule has 0 aliphatic heterocycles. The predicted molar refractivity (Wildman–Crippen MR) is 58.9 cm³/mol. The van der Waals surface area contributed by atoms with E-state index in [1.165, 1.54) is 6.07 Å². The number of nitrogens with zero attached hydrogens (tertiary/aromatic N) is 2. The van der Waals surface area contributed by atoms with E-state index in [1.54, 1.807) is 18.2 Å². The van der Waals surface area contributed by atoms with Crippen molar-refractivity contribution in [2.45, 2.75) is 13.3 Å². The van der Waals surface area contributed by atoms with Crippen LogP contribution in [-0.4, -0.2) is 4.92 Å². The Kier molecular flexibility index (Phi) is 2.44. The number of benzene rings is 1. The number of fused-ring (bicyclic) bond motifs is 1. The smallest absolute Gasteiger partial charge is 0.289 e. The van der Waals surface area contributed by atoms with Crippen LogP contribution in [0.2, 0.25) is 0 Å². The van der Waals surface area contributed by atoms with Crippen LogP contribution in [0.15, 0.2) is 30.5 Å². The zero-order valence-electron chi connectivity index (χ0n) is 8.71. The summed E-state index contributed by atoms with van der Waals surface area (Å²) in [5.74, 6) is 0. The van der Waals surface area contributed by atoms with Crippen molar-refractivity contribution in [1.29, 1.82) is 0 Å². The topological polar surface area (TPSA) is 70.1 Å². The minimum absolute atomic E-state index is 0.0302. The number of aryl methyl sites for hydroxylation is 1. The van der Waals surface area contributed by atoms with E-state index < -0.39 is 4.92 Å². The summed E-state index contributed by atoms with van der Waals surface area (Å²) < 4.78 is 0.641. The Bertz CT molecular complexity index is 566. The second kappa shape index (κ2) is 3.77. The molecule has 1 aromatic heterocycles. The van der Waals surface area contributed by atoms with Gasteiger partial charge in [-0.05, 0) is 18.1 Å². The lowest BCUT2D eigenvalue weighted by Gasteiger charge is -2.03. The lowest BCUT2D eigenvalue weighted by Crippen LogP contribution is -2.26. The third-order valence-electron chi connectivity index (χ3n) is 2.55. The molecule has 0 radical (unpaired) electrons. The molecule has 0 aliphatic carbocycles. The minimum Gasteiger partial charge on any atom is -0.618 e. The summed E-state index contributed by atoms with van der Waals surface area (Å²) >= 11 is 0. The molecule has 2 rings (SSSR count). The molecule has 0 fully saturated rings. The average molecular weight is 218 g/mol. The molecule has 0 N–H and O–H groups in total. The van der Waals surface area contributed by atoms with Crippen LogP contribution >= 0.6 is 0 Å². The maximum atomic E-state index is 11.4. The molecule has 2 aromatic rings. The standard InChI is InChI=1S/C11H10N2O3/c1-2-8-3-4-10-9(7-8)11(13(15)16)5-6-12(10)14/h3-7H,2H2,1H3. The molecule has 5 nitrogen and oxygen atoms in total. The van der Waals surface area contributed by atoms with Crippen LogP contribution in [0.5, 0.6) is 0 Å². The maximum absolute atomic E-state index is 11.4. The van der Waals surface area contributed by atoms with Gasteiger partial charge in [-0.25, -0.2) is 0 Å². The molecule has 0 saturated heterocycles. The summed E-state index contributed by atoms with van der Waals surface area (Å²) in [4.78, 5) is 10.3. The van der Waals surface area contributed by atoms with Crippen LogP contribution in [0, 0.1) is 15.3 Å². The highest BCUT2D eigenvalue weighted by molar-refractivity contribution is 5.85. The van der Waals surface area contributed by atoms with Crippen LogP contribution in [0.4, 0.5) is 5.69 Å². The summed E-state index contributed by atoms with van der Waals surface area (Å²) in [6.07, 6.45) is 1.94. The first kappa shape index (κ1) is 10.4. The van der Waals surface area contributed by atoms with Gasteiger partial charge in [0.2, 0.25) is 5.52 Å². The van der Waals surface area contributed by atoms with Crippen molar-refractivity contribution in [2.75, 3.05) is 0 Å². The summed E-state index contributed by atoms with van der Waals surface area (Å²) in [5, 5.41) is 22.7. The van der Waals surface area contributed by atoms with E-state index in [9.17, 15) is 15.3 Å². The highest BCUT2D eigenvalue weighted by atomic mass is 16.6. The maximum Gasteiger partial charge on any atom is 0.289 e. The Balaban J connectivity index is 2.83. The molecule has 1 aromatic carbocycles. The lowest BCUT2D eigenvalue weighted by molar-refractivity contribution is -0.577. The zero-order chi connectivity index (χ0) is 11.7. The van der Waals surface area contributed by atoms with Crippen LogP contribution in [0.1, 0.15) is 12.5 Å². The van der Waals surface area contributed by atoms with Gasteiger partial charge in [0, 0.05) is 6.07 Å². The Morgan fingerprint density at radius 1 is 1.38 bits per heavy atom. The van der Waals surface area contributed by atoms with E-state index in [2.05, 4.69) is 0 Å². The number of pyridine rings is 1. The van der Waals surface area contributed by atoms with Gasteiger partial charge in [0.15, 0.2) is 6.20 Å². The van der Waals surface area contributed by atoms with Crippen molar-refractivity contribution in [3.8, 4) is 0 Å². The minimum atomic E-state index is -0.470. The first-order chi connectivity index (χ1) is 7.63. The van der Waals surface area contributed by atoms with Crippen molar-refractivity contribution in [1.82, 2.24) is 0 Å². The lowest BCUT2D eigenvalue weighted by atomic mass is 10.1. The van der Waals surface area contributed by atoms with E-state index in [-0.39, 0.29) is 5.69 Å². The molecule has 0 atom stereocenters. The number of hydrogen-bond donors (Lipinski definition) is 0. The molecular weight excluding hydrogens is 208 g/mol. The monoisotopic (exact) mass is 218 g/mol. The fourth-order valence-corrected chi connectivity index (χ4v) is 1.67. The molecule has 0 amide bonds. The summed E-state index contributed by atoms with van der Waals surface area (Å²) in [5.41, 5.74) is 1.27. The number of aromatic nitrogens is 1. The summed E-state index contributed by atoms with van der Waals surface area (Å²) in [6, 6.07) is 6.35. The largest absolute Gasteiger partial charge is 0.618 e. The highest BCUT2D eigenvalue weighted by Gasteiger charge is 2.17. The van der Waals surface area contributed by atoms with Gasteiger partial charge < -0.3 is 5.21 Å². The van der Waals surface area contributed by atoms with Gasteiger partial charge in [0.05, 0.1) is 11.0 Å². The molecule has 0 spiro atoms. The quantitative estimate of drug-likeness (QED) is 0.334. The fourth-order valence-electron chi connectivity index (χ4n) is 1.67. The second-order valence-corrected chi connectivity index (χ2v) is 3.49. The summed E-state index contributed by atoms with van der Waals surface area (Å²) in [7, 11) is 0. The van der Waals surface area contributed by atoms with Gasteiger partial charge in [0.1, 0.15) is 5.39 Å². The van der Waals surface area contributed by atoms with Crippen LogP contribution < -0.4 is 4.73 Å². The van der Waals surface area contributed by atoms with Gasteiger partial charge in [-0.15, -0.1) is 0 Å². The predicted octanol–water partition coefficient (Wildman–Crippen LogP) is 1.94. The Morgan fingerprint density at radius 2 is 2.12 bits per heavy atom. The molecule has 0 bridgehead atoms. The molecule has 0 saturated carbocycles. The van der Waals surface area contributed by atoms with Crippen molar-refractivity contribution < 1.29 is 9.65 Å². The first-order valence-corrected chi connectivity index (χ1v) is 4.92. The number of nitro groups is 1. The van der Waals surface area contributed by atoms with E-state index in [4.69, 9.17) is 0 Å². The molecule has 0 aliphatic rings. The molecule has 0 unspecified atom stereocenters. The van der Waals surface area contributed by atoms with Crippen LogP contribution in [0.3, 0.4) is 0 Å². The van der Waals surface area contributed by atoms with Crippen LogP contribution in [-0.2, 0) is 6.42 Å². The van der Waals surface area contributed by atoms with Gasteiger partial charge in [-0.3, -0.25) is 10.1 Å². The number of hydrogen-bond acceptors (Lipinski definition) is 3. The van der Waals surface area contributed by atoms with Crippen LogP contribution in [0.25, 0.3) is 10.9 Å². The van der Waals surface area contributed by atoms with Gasteiger partial charge in [0.25, 0.3) is 5.69 Å². The zero-order valence-corrected chi connectivity index (χ0v) is 8.71. The third kappa shape index (κ3) is 1.56. The van der Waals surface area contributed by atoms with Crippen molar-refractivity contribution >= 4 is 16.6 Å². The first-order valence-electron chi connectivity index (χ1n) is 4.92. The number of rotatable bonds is 2. The van der Waals surface area contributed by atoms with Gasteiger partial charge >= 0.3 is 0 Å². The summed E-state index contributed by atoms with van der Waals surface area (Å²) in [6.45, 7) is 1.96. The average Bonchev–Trinajstić information content (AvgIpc) is 2.28. The SMILES string of the molecule is CCc1ccc2c(c1)c([N+](=O)[O-])cc[n+]2[O-]. The van der Waals surface area contributed by atoms with Gasteiger partial charge in [-0.2, -0.15) is 4.73 Å². The molecule has 5 heteroatoms. The van der Waals surface area contributed by atoms with Gasteiger partial charge in [-0.1, -0.05) is 13.0 Å². The Labute approximate surface area is 91.7 Å². The molecular formula is C11H10N2O3. The van der Waals surface area contributed by atoms with Crippen molar-refractivity contribution in [3.05, 3.63) is 51.3 Å². The second-order valence-electron chi connectivity index (χ2n) is 3.49. The molecule has 1 heterocycles. The Hall–Kier alpha value is -2.17. The molecule has 16 heavy (non-hydrogen) atoms. The van der Waals surface area contributed by atoms with Crippen molar-refractivity contribution in [3.63, 3.8) is 0 Å². The third-order valence-corrected chi connectivity index (χ3v) is 2.55. The van der Waals surface area contributed by atoms with E-state index in [1.807, 2.05) is 6.92 Å². The van der Waals surface area contributed by atoms with E-state index in [0.29, 0.717) is 15.6 Å². The Morgan fingerprint density at radius 3 is 2.75 bits per heavy atom. The molecule has 82 valence electrons. The highest BCUT2D eigenvalue weighted by Crippen LogP contribution is 2.23. The normalized spacial score (nSPS) is 10.6. The van der Waals surface area contributed by atoms with E-state index >= 15 is 0 Å². The van der Waals surface area contributed by atoms with Crippen molar-refractivity contribution in [2.24, 2.45) is 0 Å².